The second-order valence-corrected chi connectivity index (χ2v) is 4.10. The Kier molecular flexibility index (Phi) is 5.38. The lowest BCUT2D eigenvalue weighted by Crippen LogP contribution is -2.27. The highest BCUT2D eigenvalue weighted by Crippen LogP contribution is 2.22. The van der Waals surface area contributed by atoms with E-state index in [1.54, 1.807) is 18.2 Å². The van der Waals surface area contributed by atoms with Gasteiger partial charge in [-0.2, -0.15) is 0 Å². The maximum atomic E-state index is 11.9. The molecule has 1 amide bonds. The van der Waals surface area contributed by atoms with Crippen LogP contribution in [-0.4, -0.2) is 31.7 Å². The minimum absolute atomic E-state index is 0.219. The maximum absolute atomic E-state index is 11.9. The van der Waals surface area contributed by atoms with Crippen LogP contribution in [0.1, 0.15) is 16.8 Å². The van der Waals surface area contributed by atoms with Crippen LogP contribution in [0.5, 0.6) is 11.5 Å². The van der Waals surface area contributed by atoms with E-state index in [0.29, 0.717) is 35.0 Å². The molecule has 3 N–H and O–H groups in total. The van der Waals surface area contributed by atoms with Crippen molar-refractivity contribution in [2.75, 3.05) is 20.8 Å². The average molecular weight is 268 g/mol. The topological polar surface area (TPSA) is 73.6 Å². The van der Waals surface area contributed by atoms with Crippen molar-refractivity contribution in [1.29, 1.82) is 0 Å². The predicted octanol–water partition coefficient (Wildman–Crippen LogP) is 1.11. The summed E-state index contributed by atoms with van der Waals surface area (Å²) in [7, 11) is 3.06. The van der Waals surface area contributed by atoms with Gasteiger partial charge < -0.3 is 20.5 Å². The largest absolute Gasteiger partial charge is 0.497 e. The number of benzene rings is 1. The summed E-state index contributed by atoms with van der Waals surface area (Å²) in [5.41, 5.74) is 5.82. The normalized spacial score (nSPS) is 9.67. The molecule has 0 aliphatic heterocycles. The van der Waals surface area contributed by atoms with Gasteiger partial charge in [-0.15, -0.1) is 0 Å². The molecule has 0 aromatic heterocycles. The first-order valence-electron chi connectivity index (χ1n) is 5.36. The summed E-state index contributed by atoms with van der Waals surface area (Å²) < 4.78 is 10.2. The van der Waals surface area contributed by atoms with Crippen molar-refractivity contribution in [2.24, 2.45) is 5.73 Å². The van der Waals surface area contributed by atoms with Gasteiger partial charge in [-0.05, 0) is 12.1 Å². The molecule has 0 spiro atoms. The second kappa shape index (κ2) is 6.80. The van der Waals surface area contributed by atoms with Crippen LogP contribution in [-0.2, 0) is 0 Å². The third-order valence-corrected chi connectivity index (χ3v) is 2.47. The first-order valence-corrected chi connectivity index (χ1v) is 5.77. The Labute approximate surface area is 111 Å². The van der Waals surface area contributed by atoms with Gasteiger partial charge in [-0.3, -0.25) is 4.79 Å². The number of nitrogens with one attached hydrogen (secondary N) is 1. The van der Waals surface area contributed by atoms with Crippen molar-refractivity contribution in [3.8, 4) is 11.5 Å². The first kappa shape index (κ1) is 14.2. The summed E-state index contributed by atoms with van der Waals surface area (Å²) in [6.07, 6.45) is 0.474. The number of carbonyl (C=O) groups is 1. The predicted molar refractivity (Wildman–Crippen MR) is 73.3 cm³/mol. The van der Waals surface area contributed by atoms with E-state index in [4.69, 9.17) is 27.4 Å². The SMILES string of the molecule is COc1cc(OC)cc(C(=O)NCCC(N)=S)c1. The number of hydrogen-bond donors (Lipinski definition) is 2. The molecule has 1 aromatic rings. The van der Waals surface area contributed by atoms with Gasteiger partial charge in [0.2, 0.25) is 0 Å². The molecule has 0 unspecified atom stereocenters. The number of nitrogens with two attached hydrogens (primary N) is 1. The Hall–Kier alpha value is -1.82. The van der Waals surface area contributed by atoms with Crippen molar-refractivity contribution in [3.05, 3.63) is 23.8 Å². The molecule has 0 saturated carbocycles. The van der Waals surface area contributed by atoms with Gasteiger partial charge >= 0.3 is 0 Å². The molecule has 0 atom stereocenters. The van der Waals surface area contributed by atoms with Crippen LogP contribution < -0.4 is 20.5 Å². The number of rotatable bonds is 6. The summed E-state index contributed by atoms with van der Waals surface area (Å²) in [6, 6.07) is 4.98. The van der Waals surface area contributed by atoms with Crippen molar-refractivity contribution in [1.82, 2.24) is 5.32 Å². The van der Waals surface area contributed by atoms with Crippen molar-refractivity contribution >= 4 is 23.1 Å². The van der Waals surface area contributed by atoms with E-state index in [2.05, 4.69) is 5.32 Å². The fraction of sp³-hybridized carbons (Fsp3) is 0.333. The van der Waals surface area contributed by atoms with Crippen LogP contribution in [0.2, 0.25) is 0 Å². The van der Waals surface area contributed by atoms with E-state index < -0.39 is 0 Å². The lowest BCUT2D eigenvalue weighted by Gasteiger charge is -2.09. The maximum Gasteiger partial charge on any atom is 0.251 e. The highest BCUT2D eigenvalue weighted by atomic mass is 32.1. The first-order chi connectivity index (χ1) is 8.56. The highest BCUT2D eigenvalue weighted by Gasteiger charge is 2.09. The zero-order chi connectivity index (χ0) is 13.5. The zero-order valence-electron chi connectivity index (χ0n) is 10.4. The van der Waals surface area contributed by atoms with Crippen molar-refractivity contribution < 1.29 is 14.3 Å². The molecule has 1 rings (SSSR count). The summed E-state index contributed by atoms with van der Waals surface area (Å²) >= 11 is 4.73. The Morgan fingerprint density at radius 2 is 1.83 bits per heavy atom. The fourth-order valence-electron chi connectivity index (χ4n) is 1.34. The van der Waals surface area contributed by atoms with E-state index in [1.165, 1.54) is 14.2 Å². The Morgan fingerprint density at radius 1 is 1.28 bits per heavy atom. The molecule has 98 valence electrons. The van der Waals surface area contributed by atoms with Gasteiger partial charge in [0.15, 0.2) is 0 Å². The summed E-state index contributed by atoms with van der Waals surface area (Å²) in [5.74, 6) is 0.908. The summed E-state index contributed by atoms with van der Waals surface area (Å²) in [5, 5.41) is 2.72. The van der Waals surface area contributed by atoms with Crippen molar-refractivity contribution in [2.45, 2.75) is 6.42 Å². The van der Waals surface area contributed by atoms with E-state index >= 15 is 0 Å². The van der Waals surface area contributed by atoms with Gasteiger partial charge in [0, 0.05) is 24.6 Å². The average Bonchev–Trinajstić information content (AvgIpc) is 2.37. The Morgan fingerprint density at radius 3 is 2.28 bits per heavy atom. The third-order valence-electron chi connectivity index (χ3n) is 2.27. The molecule has 0 aliphatic rings. The lowest BCUT2D eigenvalue weighted by molar-refractivity contribution is 0.0954. The second-order valence-electron chi connectivity index (χ2n) is 3.57. The monoisotopic (exact) mass is 268 g/mol. The fourth-order valence-corrected chi connectivity index (χ4v) is 1.44. The number of carbonyl (C=O) groups excluding carboxylic acids is 1. The number of thiocarbonyl (C=S) groups is 1. The smallest absolute Gasteiger partial charge is 0.251 e. The molecule has 0 saturated heterocycles. The van der Waals surface area contributed by atoms with E-state index in [1.807, 2.05) is 0 Å². The number of ether oxygens (including phenoxy) is 2. The lowest BCUT2D eigenvalue weighted by atomic mass is 10.2. The van der Waals surface area contributed by atoms with Crippen LogP contribution in [0.25, 0.3) is 0 Å². The van der Waals surface area contributed by atoms with Gasteiger partial charge in [0.05, 0.1) is 19.2 Å². The van der Waals surface area contributed by atoms with E-state index in [9.17, 15) is 4.79 Å². The van der Waals surface area contributed by atoms with Crippen LogP contribution in [0.3, 0.4) is 0 Å². The molecule has 0 bridgehead atoms. The van der Waals surface area contributed by atoms with E-state index in [-0.39, 0.29) is 5.91 Å². The third kappa shape index (κ3) is 4.21. The Bertz CT molecular complexity index is 427. The number of hydrogen-bond acceptors (Lipinski definition) is 4. The number of amides is 1. The van der Waals surface area contributed by atoms with Crippen LogP contribution in [0.15, 0.2) is 18.2 Å². The van der Waals surface area contributed by atoms with Crippen molar-refractivity contribution in [3.63, 3.8) is 0 Å². The molecule has 5 nitrogen and oxygen atoms in total. The molecule has 1 aromatic carbocycles. The quantitative estimate of drug-likeness (QED) is 0.756. The standard InChI is InChI=1S/C12H16N2O3S/c1-16-9-5-8(6-10(7-9)17-2)12(15)14-4-3-11(13)18/h5-7H,3-4H2,1-2H3,(H2,13,18)(H,14,15). The molecule has 0 heterocycles. The van der Waals surface area contributed by atoms with Crippen LogP contribution >= 0.6 is 12.2 Å². The minimum atomic E-state index is -0.219. The van der Waals surface area contributed by atoms with Gasteiger partial charge in [-0.1, -0.05) is 12.2 Å². The summed E-state index contributed by atoms with van der Waals surface area (Å²) in [4.78, 5) is 12.2. The molecule has 0 fully saturated rings. The molecule has 0 aliphatic carbocycles. The van der Waals surface area contributed by atoms with Crippen LogP contribution in [0, 0.1) is 0 Å². The molecule has 18 heavy (non-hydrogen) atoms. The molecular formula is C12H16N2O3S. The molecule has 6 heteroatoms. The molecule has 0 radical (unpaired) electrons. The van der Waals surface area contributed by atoms with Gasteiger partial charge in [-0.25, -0.2) is 0 Å². The minimum Gasteiger partial charge on any atom is -0.497 e. The van der Waals surface area contributed by atoms with Gasteiger partial charge in [0.1, 0.15) is 11.5 Å². The van der Waals surface area contributed by atoms with Crippen LogP contribution in [0.4, 0.5) is 0 Å². The number of methoxy groups -OCH3 is 2. The zero-order valence-corrected chi connectivity index (χ0v) is 11.2. The molecular weight excluding hydrogens is 252 g/mol. The highest BCUT2D eigenvalue weighted by molar-refractivity contribution is 7.80. The summed E-state index contributed by atoms with van der Waals surface area (Å²) in [6.45, 7) is 0.410. The van der Waals surface area contributed by atoms with Gasteiger partial charge in [0.25, 0.3) is 5.91 Å². The Balaban J connectivity index is 2.75. The van der Waals surface area contributed by atoms with E-state index in [0.717, 1.165) is 0 Å².